The molecule has 5 heteroatoms. The van der Waals surface area contributed by atoms with E-state index in [1.807, 2.05) is 6.92 Å². The topological polar surface area (TPSA) is 58.0 Å². The maximum absolute atomic E-state index is 5.40. The number of benzene rings is 1. The first-order chi connectivity index (χ1) is 11.8. The molecule has 24 heavy (non-hydrogen) atoms. The number of nitrogens with zero attached hydrogens (tertiary/aromatic N) is 3. The molecule has 1 atom stereocenters. The highest BCUT2D eigenvalue weighted by Crippen LogP contribution is 2.31. The fourth-order valence-corrected chi connectivity index (χ4v) is 3.36. The summed E-state index contributed by atoms with van der Waals surface area (Å²) in [6.45, 7) is 6.07. The van der Waals surface area contributed by atoms with Crippen molar-refractivity contribution >= 4 is 16.5 Å². The van der Waals surface area contributed by atoms with Gasteiger partial charge in [-0.3, -0.25) is 4.90 Å². The average molecular weight is 322 g/mol. The molecule has 0 saturated heterocycles. The zero-order chi connectivity index (χ0) is 16.5. The van der Waals surface area contributed by atoms with Gasteiger partial charge >= 0.3 is 0 Å². The first kappa shape index (κ1) is 15.1. The summed E-state index contributed by atoms with van der Waals surface area (Å²) < 4.78 is 5.40. The van der Waals surface area contributed by atoms with Gasteiger partial charge in [0, 0.05) is 42.2 Å². The summed E-state index contributed by atoms with van der Waals surface area (Å²) in [5, 5.41) is 5.31. The normalized spacial score (nSPS) is 17.2. The van der Waals surface area contributed by atoms with Crippen LogP contribution in [0.2, 0.25) is 0 Å². The van der Waals surface area contributed by atoms with E-state index in [4.69, 9.17) is 4.52 Å². The van der Waals surface area contributed by atoms with Crippen LogP contribution in [0, 0.1) is 0 Å². The van der Waals surface area contributed by atoms with E-state index in [-0.39, 0.29) is 6.04 Å². The van der Waals surface area contributed by atoms with E-state index in [1.54, 1.807) is 0 Å². The highest BCUT2D eigenvalue weighted by molar-refractivity contribution is 5.92. The minimum atomic E-state index is 0.151. The molecule has 3 aromatic rings. The third kappa shape index (κ3) is 2.65. The van der Waals surface area contributed by atoms with Crippen LogP contribution in [0.15, 0.2) is 41.1 Å². The Balaban J connectivity index is 1.52. The molecule has 3 heterocycles. The van der Waals surface area contributed by atoms with Crippen LogP contribution in [-0.4, -0.2) is 33.1 Å². The Morgan fingerprint density at radius 2 is 2.21 bits per heavy atom. The van der Waals surface area contributed by atoms with Gasteiger partial charge in [-0.2, -0.15) is 4.98 Å². The average Bonchev–Trinajstić information content (AvgIpc) is 3.28. The Hall–Kier alpha value is -2.40. The van der Waals surface area contributed by atoms with Crippen LogP contribution in [0.1, 0.15) is 43.6 Å². The number of para-hydroxylation sites is 1. The summed E-state index contributed by atoms with van der Waals surface area (Å²) in [6, 6.07) is 8.62. The lowest BCUT2D eigenvalue weighted by atomic mass is 9.98. The van der Waals surface area contributed by atoms with Crippen molar-refractivity contribution in [3.8, 4) is 0 Å². The zero-order valence-corrected chi connectivity index (χ0v) is 14.1. The van der Waals surface area contributed by atoms with Crippen LogP contribution in [0.25, 0.3) is 16.5 Å². The third-order valence-electron chi connectivity index (χ3n) is 4.88. The van der Waals surface area contributed by atoms with Gasteiger partial charge in [-0.15, -0.1) is 0 Å². The molecule has 0 spiro atoms. The summed E-state index contributed by atoms with van der Waals surface area (Å²) in [5.74, 6) is 1.50. The lowest BCUT2D eigenvalue weighted by Gasteiger charge is -2.29. The number of aromatic amines is 1. The molecule has 0 bridgehead atoms. The second-order valence-corrected chi connectivity index (χ2v) is 6.30. The first-order valence-corrected chi connectivity index (χ1v) is 8.58. The molecule has 1 aliphatic rings. The van der Waals surface area contributed by atoms with Gasteiger partial charge in [-0.1, -0.05) is 36.4 Å². The third-order valence-corrected chi connectivity index (χ3v) is 4.88. The Morgan fingerprint density at radius 1 is 1.33 bits per heavy atom. The molecule has 4 rings (SSSR count). The van der Waals surface area contributed by atoms with Crippen molar-refractivity contribution in [2.75, 3.05) is 13.1 Å². The van der Waals surface area contributed by atoms with Crippen molar-refractivity contribution in [2.45, 2.75) is 32.7 Å². The van der Waals surface area contributed by atoms with E-state index in [0.29, 0.717) is 0 Å². The van der Waals surface area contributed by atoms with Crippen molar-refractivity contribution in [3.05, 3.63) is 53.8 Å². The summed E-state index contributed by atoms with van der Waals surface area (Å²) in [5.41, 5.74) is 3.93. The van der Waals surface area contributed by atoms with Crippen LogP contribution < -0.4 is 0 Å². The maximum Gasteiger partial charge on any atom is 0.243 e. The molecule has 0 saturated carbocycles. The lowest BCUT2D eigenvalue weighted by molar-refractivity contribution is 0.189. The van der Waals surface area contributed by atoms with Gasteiger partial charge in [0.1, 0.15) is 0 Å². The predicted octanol–water partition coefficient (Wildman–Crippen LogP) is 3.96. The number of H-pyrrole nitrogens is 1. The Bertz CT molecular complexity index is 876. The lowest BCUT2D eigenvalue weighted by Crippen LogP contribution is -2.31. The molecule has 5 nitrogen and oxygen atoms in total. The number of aryl methyl sites for hydroxylation is 1. The minimum absolute atomic E-state index is 0.151. The van der Waals surface area contributed by atoms with Crippen molar-refractivity contribution in [3.63, 3.8) is 0 Å². The minimum Gasteiger partial charge on any atom is -0.361 e. The second kappa shape index (κ2) is 6.24. The van der Waals surface area contributed by atoms with Gasteiger partial charge < -0.3 is 9.51 Å². The molecular formula is C19H22N4O. The molecule has 0 aliphatic carbocycles. The van der Waals surface area contributed by atoms with Gasteiger partial charge in [0.25, 0.3) is 0 Å². The SMILES string of the molecule is CCc1noc(C(C)N2CC=C(c3c[nH]c4ccccc34)CC2)n1. The number of nitrogens with one attached hydrogen (secondary N) is 1. The van der Waals surface area contributed by atoms with Crippen LogP contribution >= 0.6 is 0 Å². The van der Waals surface area contributed by atoms with Crippen LogP contribution in [0.4, 0.5) is 0 Å². The molecular weight excluding hydrogens is 300 g/mol. The van der Waals surface area contributed by atoms with Gasteiger partial charge in [0.15, 0.2) is 5.82 Å². The summed E-state index contributed by atoms with van der Waals surface area (Å²) in [4.78, 5) is 10.2. The van der Waals surface area contributed by atoms with Crippen molar-refractivity contribution in [1.82, 2.24) is 20.0 Å². The predicted molar refractivity (Wildman–Crippen MR) is 94.6 cm³/mol. The quantitative estimate of drug-likeness (QED) is 0.790. The molecule has 1 aliphatic heterocycles. The molecule has 0 radical (unpaired) electrons. The molecule has 0 amide bonds. The fraction of sp³-hybridized carbons (Fsp3) is 0.368. The molecule has 1 unspecified atom stereocenters. The van der Waals surface area contributed by atoms with Crippen molar-refractivity contribution in [1.29, 1.82) is 0 Å². The Kier molecular flexibility index (Phi) is 3.94. The zero-order valence-electron chi connectivity index (χ0n) is 14.1. The van der Waals surface area contributed by atoms with E-state index in [2.05, 4.69) is 63.5 Å². The number of hydrogen-bond acceptors (Lipinski definition) is 4. The van der Waals surface area contributed by atoms with Gasteiger partial charge in [-0.25, -0.2) is 0 Å². The van der Waals surface area contributed by atoms with Crippen LogP contribution in [0.3, 0.4) is 0 Å². The van der Waals surface area contributed by atoms with E-state index in [1.165, 1.54) is 22.0 Å². The molecule has 1 N–H and O–H groups in total. The van der Waals surface area contributed by atoms with Gasteiger partial charge in [0.2, 0.25) is 5.89 Å². The van der Waals surface area contributed by atoms with Gasteiger partial charge in [0.05, 0.1) is 6.04 Å². The van der Waals surface area contributed by atoms with E-state index in [9.17, 15) is 0 Å². The number of hydrogen-bond donors (Lipinski definition) is 1. The Labute approximate surface area is 141 Å². The number of fused-ring (bicyclic) bond motifs is 1. The monoisotopic (exact) mass is 322 g/mol. The second-order valence-electron chi connectivity index (χ2n) is 6.30. The van der Waals surface area contributed by atoms with E-state index >= 15 is 0 Å². The summed E-state index contributed by atoms with van der Waals surface area (Å²) in [6.07, 6.45) is 6.29. The van der Waals surface area contributed by atoms with Crippen molar-refractivity contribution in [2.24, 2.45) is 0 Å². The number of rotatable bonds is 4. The fourth-order valence-electron chi connectivity index (χ4n) is 3.36. The molecule has 124 valence electrons. The van der Waals surface area contributed by atoms with Crippen molar-refractivity contribution < 1.29 is 4.52 Å². The smallest absolute Gasteiger partial charge is 0.243 e. The molecule has 2 aromatic heterocycles. The van der Waals surface area contributed by atoms with Crippen LogP contribution in [-0.2, 0) is 6.42 Å². The van der Waals surface area contributed by atoms with Crippen LogP contribution in [0.5, 0.6) is 0 Å². The summed E-state index contributed by atoms with van der Waals surface area (Å²) in [7, 11) is 0. The molecule has 1 aromatic carbocycles. The number of aromatic nitrogens is 3. The molecule has 0 fully saturated rings. The van der Waals surface area contributed by atoms with Gasteiger partial charge in [-0.05, 0) is 25.0 Å². The van der Waals surface area contributed by atoms with E-state index < -0.39 is 0 Å². The highest BCUT2D eigenvalue weighted by Gasteiger charge is 2.24. The van der Waals surface area contributed by atoms with E-state index in [0.717, 1.165) is 37.6 Å². The maximum atomic E-state index is 5.40. The first-order valence-electron chi connectivity index (χ1n) is 8.58. The summed E-state index contributed by atoms with van der Waals surface area (Å²) >= 11 is 0. The Morgan fingerprint density at radius 3 is 2.96 bits per heavy atom. The highest BCUT2D eigenvalue weighted by atomic mass is 16.5. The largest absolute Gasteiger partial charge is 0.361 e. The standard InChI is InChI=1S/C19H22N4O/c1-3-18-21-19(24-22-18)13(2)23-10-8-14(9-11-23)16-12-20-17-7-5-4-6-15(16)17/h4-8,12-13,20H,3,9-11H2,1-2H3.